The van der Waals surface area contributed by atoms with Crippen molar-refractivity contribution in [3.63, 3.8) is 0 Å². The molecule has 1 aliphatic heterocycles. The molecule has 1 saturated heterocycles. The maximum Gasteiger partial charge on any atom is 0.154 e. The Hall–Kier alpha value is -3.32. The minimum absolute atomic E-state index is 0.199. The van der Waals surface area contributed by atoms with E-state index in [4.69, 9.17) is 10.1 Å². The molecule has 0 radical (unpaired) electrons. The van der Waals surface area contributed by atoms with Crippen LogP contribution in [0.1, 0.15) is 24.6 Å². The predicted molar refractivity (Wildman–Crippen MR) is 126 cm³/mol. The van der Waals surface area contributed by atoms with Gasteiger partial charge in [-0.3, -0.25) is 4.90 Å². The number of rotatable bonds is 6. The van der Waals surface area contributed by atoms with Crippen molar-refractivity contribution in [1.82, 2.24) is 19.5 Å². The lowest BCUT2D eigenvalue weighted by atomic mass is 10.1. The molecule has 0 N–H and O–H groups in total. The summed E-state index contributed by atoms with van der Waals surface area (Å²) in [5, 5.41) is 4.95. The number of aromatic nitrogens is 3. The first kappa shape index (κ1) is 21.5. The highest BCUT2D eigenvalue weighted by atomic mass is 19.1. The van der Waals surface area contributed by atoms with Crippen LogP contribution < -0.4 is 4.90 Å². The molecule has 2 aromatic heterocycles. The molecule has 5 nitrogen and oxygen atoms in total. The van der Waals surface area contributed by atoms with E-state index >= 15 is 0 Å². The summed E-state index contributed by atoms with van der Waals surface area (Å²) in [5.41, 5.74) is 4.75. The Morgan fingerprint density at radius 3 is 2.15 bits per heavy atom. The van der Waals surface area contributed by atoms with E-state index in [2.05, 4.69) is 16.7 Å². The van der Waals surface area contributed by atoms with Crippen LogP contribution in [0.25, 0.3) is 16.9 Å². The van der Waals surface area contributed by atoms with Gasteiger partial charge in [-0.1, -0.05) is 25.5 Å². The third-order valence-electron chi connectivity index (χ3n) is 6.18. The van der Waals surface area contributed by atoms with Crippen LogP contribution >= 0.6 is 0 Å². The minimum Gasteiger partial charge on any atom is -0.353 e. The molecule has 5 rings (SSSR count). The highest BCUT2D eigenvalue weighted by Gasteiger charge is 2.20. The second kappa shape index (κ2) is 9.27. The van der Waals surface area contributed by atoms with E-state index in [1.54, 1.807) is 12.1 Å². The molecule has 2 aromatic carbocycles. The van der Waals surface area contributed by atoms with E-state index in [1.165, 1.54) is 24.3 Å². The number of piperazine rings is 1. The summed E-state index contributed by atoms with van der Waals surface area (Å²) >= 11 is 0. The first-order chi connectivity index (χ1) is 16.1. The number of anilines is 1. The SMILES string of the molecule is CCCc1c(-c2ccc(F)cc2)nc2ccc(N3CCN(Cc4ccc(F)cc4)CC3)nn12. The van der Waals surface area contributed by atoms with Crippen LogP contribution in [0.2, 0.25) is 0 Å². The van der Waals surface area contributed by atoms with E-state index in [9.17, 15) is 8.78 Å². The summed E-state index contributed by atoms with van der Waals surface area (Å²) in [7, 11) is 0. The summed E-state index contributed by atoms with van der Waals surface area (Å²) in [4.78, 5) is 9.49. The highest BCUT2D eigenvalue weighted by molar-refractivity contribution is 5.66. The quantitative estimate of drug-likeness (QED) is 0.419. The molecule has 0 spiro atoms. The van der Waals surface area contributed by atoms with E-state index in [1.807, 2.05) is 28.8 Å². The van der Waals surface area contributed by atoms with Crippen LogP contribution in [0.15, 0.2) is 60.7 Å². The molecule has 3 heterocycles. The van der Waals surface area contributed by atoms with E-state index in [-0.39, 0.29) is 11.6 Å². The van der Waals surface area contributed by atoms with Gasteiger partial charge in [0.05, 0.1) is 11.4 Å². The van der Waals surface area contributed by atoms with Gasteiger partial charge in [-0.05, 0) is 60.5 Å². The number of hydrogen-bond acceptors (Lipinski definition) is 4. The Kier molecular flexibility index (Phi) is 6.05. The van der Waals surface area contributed by atoms with Gasteiger partial charge in [0.1, 0.15) is 17.5 Å². The fourth-order valence-corrected chi connectivity index (χ4v) is 4.42. The van der Waals surface area contributed by atoms with Gasteiger partial charge in [0.2, 0.25) is 0 Å². The smallest absolute Gasteiger partial charge is 0.154 e. The van der Waals surface area contributed by atoms with Crippen molar-refractivity contribution < 1.29 is 8.78 Å². The number of aryl methyl sites for hydroxylation is 1. The van der Waals surface area contributed by atoms with Crippen molar-refractivity contribution in [2.75, 3.05) is 31.1 Å². The number of hydrogen-bond donors (Lipinski definition) is 0. The predicted octanol–water partition coefficient (Wildman–Crippen LogP) is 4.95. The molecular formula is C26H27F2N5. The molecule has 0 amide bonds. The first-order valence-electron chi connectivity index (χ1n) is 11.5. The van der Waals surface area contributed by atoms with Crippen LogP contribution in [0.4, 0.5) is 14.6 Å². The zero-order chi connectivity index (χ0) is 22.8. The zero-order valence-electron chi connectivity index (χ0n) is 18.7. The van der Waals surface area contributed by atoms with Crippen LogP contribution in [0, 0.1) is 11.6 Å². The summed E-state index contributed by atoms with van der Waals surface area (Å²) in [5.74, 6) is 0.484. The number of imidazole rings is 1. The molecule has 0 aliphatic carbocycles. The molecule has 0 saturated carbocycles. The summed E-state index contributed by atoms with van der Waals surface area (Å²) in [6, 6.07) is 17.3. The molecule has 0 unspecified atom stereocenters. The number of benzene rings is 2. The van der Waals surface area contributed by atoms with Gasteiger partial charge in [0.25, 0.3) is 0 Å². The van der Waals surface area contributed by atoms with Crippen LogP contribution in [-0.4, -0.2) is 45.7 Å². The Morgan fingerprint density at radius 1 is 0.818 bits per heavy atom. The Bertz CT molecular complexity index is 1230. The van der Waals surface area contributed by atoms with E-state index in [0.29, 0.717) is 0 Å². The molecular weight excluding hydrogens is 420 g/mol. The second-order valence-corrected chi connectivity index (χ2v) is 8.52. The van der Waals surface area contributed by atoms with Crippen LogP contribution in [-0.2, 0) is 13.0 Å². The maximum atomic E-state index is 13.4. The average molecular weight is 448 g/mol. The number of fused-ring (bicyclic) bond motifs is 1. The summed E-state index contributed by atoms with van der Waals surface area (Å²) < 4.78 is 28.5. The van der Waals surface area contributed by atoms with Gasteiger partial charge in [-0.2, -0.15) is 0 Å². The van der Waals surface area contributed by atoms with E-state index < -0.39 is 0 Å². The van der Waals surface area contributed by atoms with Gasteiger partial charge < -0.3 is 4.90 Å². The minimum atomic E-state index is -0.251. The lowest BCUT2D eigenvalue weighted by molar-refractivity contribution is 0.249. The van der Waals surface area contributed by atoms with Gasteiger partial charge in [0.15, 0.2) is 5.65 Å². The van der Waals surface area contributed by atoms with Crippen molar-refractivity contribution in [2.45, 2.75) is 26.3 Å². The normalized spacial score (nSPS) is 14.8. The Labute approximate surface area is 192 Å². The molecule has 4 aromatic rings. The summed E-state index contributed by atoms with van der Waals surface area (Å²) in [6.45, 7) is 6.56. The standard InChI is InChI=1S/C26H27F2N5/c1-2-3-23-26(20-6-10-22(28)11-7-20)29-24-12-13-25(30-33(23)24)32-16-14-31(15-17-32)18-19-4-8-21(27)9-5-19/h4-13H,2-3,14-18H2,1H3. The Balaban J connectivity index is 1.35. The average Bonchev–Trinajstić information content (AvgIpc) is 3.19. The second-order valence-electron chi connectivity index (χ2n) is 8.52. The molecule has 0 atom stereocenters. The lowest BCUT2D eigenvalue weighted by Crippen LogP contribution is -2.46. The maximum absolute atomic E-state index is 13.4. The monoisotopic (exact) mass is 447 g/mol. The van der Waals surface area contributed by atoms with Crippen molar-refractivity contribution in [3.8, 4) is 11.3 Å². The molecule has 170 valence electrons. The number of halogens is 2. The third-order valence-corrected chi connectivity index (χ3v) is 6.18. The lowest BCUT2D eigenvalue weighted by Gasteiger charge is -2.35. The van der Waals surface area contributed by atoms with Crippen molar-refractivity contribution >= 4 is 11.5 Å². The zero-order valence-corrected chi connectivity index (χ0v) is 18.7. The van der Waals surface area contributed by atoms with Crippen molar-refractivity contribution in [1.29, 1.82) is 0 Å². The highest BCUT2D eigenvalue weighted by Crippen LogP contribution is 2.27. The molecule has 7 heteroatoms. The topological polar surface area (TPSA) is 36.7 Å². The van der Waals surface area contributed by atoms with Gasteiger partial charge in [0, 0.05) is 38.3 Å². The van der Waals surface area contributed by atoms with Crippen LogP contribution in [0.5, 0.6) is 0 Å². The fourth-order valence-electron chi connectivity index (χ4n) is 4.42. The van der Waals surface area contributed by atoms with Gasteiger partial charge in [-0.15, -0.1) is 5.10 Å². The van der Waals surface area contributed by atoms with Gasteiger partial charge in [-0.25, -0.2) is 18.3 Å². The molecule has 33 heavy (non-hydrogen) atoms. The van der Waals surface area contributed by atoms with Crippen molar-refractivity contribution in [3.05, 3.63) is 83.6 Å². The Morgan fingerprint density at radius 2 is 1.48 bits per heavy atom. The molecule has 0 bridgehead atoms. The third kappa shape index (κ3) is 4.59. The largest absolute Gasteiger partial charge is 0.353 e. The first-order valence-corrected chi connectivity index (χ1v) is 11.5. The fraction of sp³-hybridized carbons (Fsp3) is 0.308. The summed E-state index contributed by atoms with van der Waals surface area (Å²) in [6.07, 6.45) is 1.81. The van der Waals surface area contributed by atoms with Crippen molar-refractivity contribution in [2.24, 2.45) is 0 Å². The molecule has 1 aliphatic rings. The van der Waals surface area contributed by atoms with E-state index in [0.717, 1.165) is 79.5 Å². The van der Waals surface area contributed by atoms with Crippen LogP contribution in [0.3, 0.4) is 0 Å². The molecule has 1 fully saturated rings. The number of nitrogens with zero attached hydrogens (tertiary/aromatic N) is 5. The van der Waals surface area contributed by atoms with Gasteiger partial charge >= 0.3 is 0 Å².